The van der Waals surface area contributed by atoms with Crippen molar-refractivity contribution in [1.29, 1.82) is 0 Å². The van der Waals surface area contributed by atoms with Crippen molar-refractivity contribution < 1.29 is 4.39 Å². The smallest absolute Gasteiger partial charge is 0.124 e. The first-order valence-corrected chi connectivity index (χ1v) is 7.63. The van der Waals surface area contributed by atoms with E-state index in [1.165, 1.54) is 6.42 Å². The van der Waals surface area contributed by atoms with Crippen molar-refractivity contribution in [3.05, 3.63) is 27.6 Å². The first-order valence-electron chi connectivity index (χ1n) is 6.55. The normalized spacial score (nSPS) is 22.0. The summed E-state index contributed by atoms with van der Waals surface area (Å²) < 4.78 is 14.1. The largest absolute Gasteiger partial charge is 0.368 e. The molecule has 2 unspecified atom stereocenters. The molecule has 1 aliphatic heterocycles. The van der Waals surface area contributed by atoms with Crippen LogP contribution in [0.1, 0.15) is 20.3 Å². The average Bonchev–Trinajstić information content (AvgIpc) is 2.38. The maximum Gasteiger partial charge on any atom is 0.124 e. The van der Waals surface area contributed by atoms with Crippen molar-refractivity contribution in [3.8, 4) is 0 Å². The molecule has 0 amide bonds. The van der Waals surface area contributed by atoms with Gasteiger partial charge in [-0.3, -0.25) is 0 Å². The number of anilines is 1. The molecule has 2 rings (SSSR count). The van der Waals surface area contributed by atoms with Crippen molar-refractivity contribution in [3.63, 3.8) is 0 Å². The highest BCUT2D eigenvalue weighted by Crippen LogP contribution is 2.25. The zero-order chi connectivity index (χ0) is 13.1. The standard InChI is InChI=1S/C14H20FIN2/c1-3-10(2)13-9-18(7-6-17-13)14-5-4-11(15)8-12(14)16/h4-5,8,10,13,17H,3,6-7,9H2,1-2H3. The number of benzene rings is 1. The van der Waals surface area contributed by atoms with Gasteiger partial charge in [0.2, 0.25) is 0 Å². The number of rotatable bonds is 3. The van der Waals surface area contributed by atoms with Gasteiger partial charge in [0, 0.05) is 29.2 Å². The molecule has 18 heavy (non-hydrogen) atoms. The van der Waals surface area contributed by atoms with E-state index >= 15 is 0 Å². The maximum absolute atomic E-state index is 13.1. The van der Waals surface area contributed by atoms with E-state index in [1.807, 2.05) is 6.07 Å². The number of nitrogens with one attached hydrogen (secondary N) is 1. The Bertz CT molecular complexity index is 411. The summed E-state index contributed by atoms with van der Waals surface area (Å²) >= 11 is 2.22. The maximum atomic E-state index is 13.1. The third-order valence-electron chi connectivity index (χ3n) is 3.79. The van der Waals surface area contributed by atoms with Crippen LogP contribution in [0.2, 0.25) is 0 Å². The summed E-state index contributed by atoms with van der Waals surface area (Å²) in [6, 6.07) is 5.59. The minimum Gasteiger partial charge on any atom is -0.368 e. The van der Waals surface area contributed by atoms with Gasteiger partial charge in [0.15, 0.2) is 0 Å². The minimum absolute atomic E-state index is 0.156. The number of hydrogen-bond acceptors (Lipinski definition) is 2. The second kappa shape index (κ2) is 6.19. The summed E-state index contributed by atoms with van der Waals surface area (Å²) in [6.07, 6.45) is 1.19. The van der Waals surface area contributed by atoms with Crippen molar-refractivity contribution in [2.75, 3.05) is 24.5 Å². The highest BCUT2D eigenvalue weighted by Gasteiger charge is 2.24. The molecule has 1 aromatic carbocycles. The van der Waals surface area contributed by atoms with Gasteiger partial charge in [-0.25, -0.2) is 4.39 Å². The second-order valence-corrected chi connectivity index (χ2v) is 6.15. The molecular weight excluding hydrogens is 342 g/mol. The Balaban J connectivity index is 2.13. The predicted molar refractivity (Wildman–Crippen MR) is 82.6 cm³/mol. The fourth-order valence-corrected chi connectivity index (χ4v) is 3.22. The zero-order valence-corrected chi connectivity index (χ0v) is 13.1. The lowest BCUT2D eigenvalue weighted by atomic mass is 9.97. The van der Waals surface area contributed by atoms with Gasteiger partial charge in [-0.05, 0) is 46.7 Å². The lowest BCUT2D eigenvalue weighted by molar-refractivity contribution is 0.341. The molecule has 1 aliphatic rings. The minimum atomic E-state index is -0.156. The molecule has 1 saturated heterocycles. The Hall–Kier alpha value is -0.360. The van der Waals surface area contributed by atoms with Crippen molar-refractivity contribution in [2.45, 2.75) is 26.3 Å². The van der Waals surface area contributed by atoms with E-state index in [0.29, 0.717) is 12.0 Å². The van der Waals surface area contributed by atoms with Crippen LogP contribution in [0.5, 0.6) is 0 Å². The zero-order valence-electron chi connectivity index (χ0n) is 10.9. The molecule has 0 aliphatic carbocycles. The van der Waals surface area contributed by atoms with E-state index in [9.17, 15) is 4.39 Å². The molecule has 0 bridgehead atoms. The Morgan fingerprint density at radius 2 is 2.33 bits per heavy atom. The van der Waals surface area contributed by atoms with Gasteiger partial charge in [0.1, 0.15) is 5.82 Å². The summed E-state index contributed by atoms with van der Waals surface area (Å²) in [4.78, 5) is 2.37. The molecule has 100 valence electrons. The summed E-state index contributed by atoms with van der Waals surface area (Å²) in [6.45, 7) is 7.53. The third kappa shape index (κ3) is 3.15. The molecule has 0 saturated carbocycles. The topological polar surface area (TPSA) is 15.3 Å². The molecular formula is C14H20FIN2. The quantitative estimate of drug-likeness (QED) is 0.831. The van der Waals surface area contributed by atoms with Crippen molar-refractivity contribution in [2.24, 2.45) is 5.92 Å². The monoisotopic (exact) mass is 362 g/mol. The summed E-state index contributed by atoms with van der Waals surface area (Å²) in [7, 11) is 0. The van der Waals surface area contributed by atoms with Gasteiger partial charge in [-0.1, -0.05) is 20.3 Å². The van der Waals surface area contributed by atoms with E-state index in [0.717, 1.165) is 28.9 Å². The second-order valence-electron chi connectivity index (χ2n) is 4.99. The Labute approximate surface area is 122 Å². The molecule has 0 spiro atoms. The van der Waals surface area contributed by atoms with Crippen molar-refractivity contribution >= 4 is 28.3 Å². The van der Waals surface area contributed by atoms with Gasteiger partial charge in [-0.15, -0.1) is 0 Å². The van der Waals surface area contributed by atoms with Crippen molar-refractivity contribution in [1.82, 2.24) is 5.32 Å². The number of piperazine rings is 1. The van der Waals surface area contributed by atoms with Crippen LogP contribution in [0.25, 0.3) is 0 Å². The fraction of sp³-hybridized carbons (Fsp3) is 0.571. The van der Waals surface area contributed by atoms with E-state index in [-0.39, 0.29) is 5.82 Å². The van der Waals surface area contributed by atoms with Crippen LogP contribution in [-0.2, 0) is 0 Å². The number of halogens is 2. The lowest BCUT2D eigenvalue weighted by Crippen LogP contribution is -2.53. The van der Waals surface area contributed by atoms with E-state index in [1.54, 1.807) is 12.1 Å². The van der Waals surface area contributed by atoms with Gasteiger partial charge in [0.05, 0.1) is 5.69 Å². The van der Waals surface area contributed by atoms with Gasteiger partial charge in [0.25, 0.3) is 0 Å². The molecule has 0 aromatic heterocycles. The summed E-state index contributed by atoms with van der Waals surface area (Å²) in [5.74, 6) is 0.516. The van der Waals surface area contributed by atoms with Crippen LogP contribution < -0.4 is 10.2 Å². The molecule has 4 heteroatoms. The molecule has 1 heterocycles. The van der Waals surface area contributed by atoms with Crippen LogP contribution in [0, 0.1) is 15.3 Å². The molecule has 0 radical (unpaired) electrons. The predicted octanol–water partition coefficient (Wildman–Crippen LogP) is 3.25. The van der Waals surface area contributed by atoms with E-state index < -0.39 is 0 Å². The highest BCUT2D eigenvalue weighted by atomic mass is 127. The van der Waals surface area contributed by atoms with Crippen LogP contribution >= 0.6 is 22.6 Å². The summed E-state index contributed by atoms with van der Waals surface area (Å²) in [5, 5.41) is 3.58. The van der Waals surface area contributed by atoms with Gasteiger partial charge in [-0.2, -0.15) is 0 Å². The third-order valence-corrected chi connectivity index (χ3v) is 4.65. The molecule has 2 atom stereocenters. The number of hydrogen-bond donors (Lipinski definition) is 1. The Morgan fingerprint density at radius 3 is 3.00 bits per heavy atom. The van der Waals surface area contributed by atoms with Gasteiger partial charge >= 0.3 is 0 Å². The lowest BCUT2D eigenvalue weighted by Gasteiger charge is -2.38. The molecule has 1 aromatic rings. The summed E-state index contributed by atoms with van der Waals surface area (Å²) in [5.41, 5.74) is 1.16. The van der Waals surface area contributed by atoms with E-state index in [2.05, 4.69) is 46.7 Å². The average molecular weight is 362 g/mol. The first-order chi connectivity index (χ1) is 8.61. The van der Waals surface area contributed by atoms with Crippen LogP contribution in [-0.4, -0.2) is 25.7 Å². The highest BCUT2D eigenvalue weighted by molar-refractivity contribution is 14.1. The molecule has 1 fully saturated rings. The fourth-order valence-electron chi connectivity index (χ4n) is 2.40. The molecule has 1 N–H and O–H groups in total. The first kappa shape index (κ1) is 14.1. The van der Waals surface area contributed by atoms with E-state index in [4.69, 9.17) is 0 Å². The van der Waals surface area contributed by atoms with Crippen LogP contribution in [0.15, 0.2) is 18.2 Å². The van der Waals surface area contributed by atoms with Crippen LogP contribution in [0.3, 0.4) is 0 Å². The molecule has 2 nitrogen and oxygen atoms in total. The Kier molecular flexibility index (Phi) is 4.84. The van der Waals surface area contributed by atoms with Crippen LogP contribution in [0.4, 0.5) is 10.1 Å². The Morgan fingerprint density at radius 1 is 1.56 bits per heavy atom. The number of nitrogens with zero attached hydrogens (tertiary/aromatic N) is 1. The van der Waals surface area contributed by atoms with Gasteiger partial charge < -0.3 is 10.2 Å². The SMILES string of the molecule is CCC(C)C1CN(c2ccc(F)cc2I)CCN1.